The van der Waals surface area contributed by atoms with Gasteiger partial charge in [-0.3, -0.25) is 0 Å². The average Bonchev–Trinajstić information content (AvgIpc) is 2.56. The molecule has 6 heteroatoms. The minimum atomic E-state index is -1.05. The van der Waals surface area contributed by atoms with Crippen LogP contribution < -0.4 is 5.32 Å². The van der Waals surface area contributed by atoms with Crippen molar-refractivity contribution >= 4 is 17.6 Å². The Labute approximate surface area is 145 Å². The maximum atomic E-state index is 13.5. The van der Waals surface area contributed by atoms with E-state index in [1.54, 1.807) is 29.3 Å². The largest absolute Gasteiger partial charge is 0.476 e. The topological polar surface area (TPSA) is 52.6 Å². The molecule has 126 valence electrons. The van der Waals surface area contributed by atoms with E-state index in [4.69, 9.17) is 11.6 Å². The molecule has 0 atom stereocenters. The minimum Gasteiger partial charge on any atom is -0.476 e. The van der Waals surface area contributed by atoms with Gasteiger partial charge in [-0.25, -0.2) is 9.18 Å². The fourth-order valence-electron chi connectivity index (χ4n) is 2.34. The number of halogens is 2. The first-order valence-corrected chi connectivity index (χ1v) is 7.77. The monoisotopic (exact) mass is 348 g/mol. The Balaban J connectivity index is 2.31. The van der Waals surface area contributed by atoms with Crippen LogP contribution in [0.3, 0.4) is 0 Å². The van der Waals surface area contributed by atoms with Gasteiger partial charge < -0.3 is 15.3 Å². The molecule has 4 nitrogen and oxygen atoms in total. The lowest BCUT2D eigenvalue weighted by atomic mass is 10.1. The molecule has 2 rings (SSSR count). The molecule has 0 aromatic heterocycles. The predicted molar refractivity (Wildman–Crippen MR) is 92.5 cm³/mol. The molecule has 1 aliphatic heterocycles. The zero-order valence-corrected chi connectivity index (χ0v) is 14.1. The van der Waals surface area contributed by atoms with Crippen LogP contribution in [0.2, 0.25) is 5.02 Å². The Bertz CT molecular complexity index is 766. The molecule has 0 aliphatic carbocycles. The first-order chi connectivity index (χ1) is 11.5. The SMILES string of the molecule is C/C=C\N1C(C(=O)O)=C(NCc2ccc(Cl)c(F)c2)C=C/C1=C/C. The number of nitrogens with zero attached hydrogens (tertiary/aromatic N) is 1. The number of nitrogens with one attached hydrogen (secondary N) is 1. The standard InChI is InChI=1S/C18H18ClFN2O2/c1-3-9-22-13(4-2)6-8-16(17(22)18(23)24)21-11-12-5-7-14(19)15(20)10-12/h3-10,21H,11H2,1-2H3,(H,23,24)/b9-3-,13-4-. The van der Waals surface area contributed by atoms with E-state index in [0.717, 1.165) is 5.70 Å². The van der Waals surface area contributed by atoms with E-state index in [0.29, 0.717) is 11.3 Å². The smallest absolute Gasteiger partial charge is 0.355 e. The third kappa shape index (κ3) is 3.86. The summed E-state index contributed by atoms with van der Waals surface area (Å²) in [5.74, 6) is -1.56. The number of carboxylic acid groups (broad SMARTS) is 1. The van der Waals surface area contributed by atoms with Crippen molar-refractivity contribution < 1.29 is 14.3 Å². The van der Waals surface area contributed by atoms with Crippen LogP contribution in [0.4, 0.5) is 4.39 Å². The molecular formula is C18H18ClFN2O2. The number of aliphatic carboxylic acids is 1. The van der Waals surface area contributed by atoms with Crippen LogP contribution in [0.1, 0.15) is 19.4 Å². The van der Waals surface area contributed by atoms with Gasteiger partial charge in [0.05, 0.1) is 10.7 Å². The molecule has 1 aliphatic rings. The zero-order valence-electron chi connectivity index (χ0n) is 13.4. The first kappa shape index (κ1) is 17.8. The molecule has 24 heavy (non-hydrogen) atoms. The summed E-state index contributed by atoms with van der Waals surface area (Å²) in [6.45, 7) is 3.93. The summed E-state index contributed by atoms with van der Waals surface area (Å²) in [6.07, 6.45) is 8.79. The highest BCUT2D eigenvalue weighted by atomic mass is 35.5. The molecule has 0 radical (unpaired) electrons. The lowest BCUT2D eigenvalue weighted by molar-refractivity contribution is -0.134. The van der Waals surface area contributed by atoms with Gasteiger partial charge in [0.2, 0.25) is 0 Å². The lowest BCUT2D eigenvalue weighted by Gasteiger charge is -2.28. The van der Waals surface area contributed by atoms with E-state index in [-0.39, 0.29) is 17.3 Å². The molecule has 0 amide bonds. The normalized spacial score (nSPS) is 16.3. The van der Waals surface area contributed by atoms with Gasteiger partial charge >= 0.3 is 5.97 Å². The van der Waals surface area contributed by atoms with Crippen LogP contribution in [0.15, 0.2) is 65.8 Å². The maximum Gasteiger partial charge on any atom is 0.355 e. The summed E-state index contributed by atoms with van der Waals surface area (Å²) in [7, 11) is 0. The van der Waals surface area contributed by atoms with E-state index >= 15 is 0 Å². The number of allylic oxidation sites excluding steroid dienone is 4. The molecule has 0 saturated heterocycles. The third-order valence-corrected chi connectivity index (χ3v) is 3.76. The molecule has 1 aromatic rings. The van der Waals surface area contributed by atoms with E-state index < -0.39 is 11.8 Å². The lowest BCUT2D eigenvalue weighted by Crippen LogP contribution is -2.29. The molecule has 0 saturated carbocycles. The Hall–Kier alpha value is -2.53. The summed E-state index contributed by atoms with van der Waals surface area (Å²) < 4.78 is 13.5. The second kappa shape index (κ2) is 7.84. The van der Waals surface area contributed by atoms with Gasteiger partial charge in [-0.05, 0) is 43.7 Å². The Morgan fingerprint density at radius 1 is 1.38 bits per heavy atom. The van der Waals surface area contributed by atoms with Gasteiger partial charge in [0.15, 0.2) is 5.70 Å². The predicted octanol–water partition coefficient (Wildman–Crippen LogP) is 4.17. The van der Waals surface area contributed by atoms with Crippen LogP contribution in [0, 0.1) is 5.82 Å². The number of carboxylic acids is 1. The molecular weight excluding hydrogens is 331 g/mol. The van der Waals surface area contributed by atoms with Gasteiger partial charge in [-0.2, -0.15) is 0 Å². The fraction of sp³-hybridized carbons (Fsp3) is 0.167. The molecule has 1 heterocycles. The number of rotatable bonds is 5. The Morgan fingerprint density at radius 2 is 2.12 bits per heavy atom. The summed E-state index contributed by atoms with van der Waals surface area (Å²) in [4.78, 5) is 13.3. The average molecular weight is 349 g/mol. The van der Waals surface area contributed by atoms with Crippen LogP contribution >= 0.6 is 11.6 Å². The van der Waals surface area contributed by atoms with Crippen LogP contribution in [0.5, 0.6) is 0 Å². The van der Waals surface area contributed by atoms with Gasteiger partial charge in [0, 0.05) is 18.4 Å². The quantitative estimate of drug-likeness (QED) is 0.838. The minimum absolute atomic E-state index is 0.0544. The Kier molecular flexibility index (Phi) is 5.82. The number of carbonyl (C=O) groups is 1. The summed E-state index contributed by atoms with van der Waals surface area (Å²) in [5.41, 5.74) is 1.98. The number of benzene rings is 1. The van der Waals surface area contributed by atoms with Crippen molar-refractivity contribution in [2.75, 3.05) is 0 Å². The van der Waals surface area contributed by atoms with Crippen molar-refractivity contribution in [3.8, 4) is 0 Å². The molecule has 0 unspecified atom stereocenters. The molecule has 1 aromatic carbocycles. The van der Waals surface area contributed by atoms with Gasteiger partial charge in [-0.1, -0.05) is 29.8 Å². The van der Waals surface area contributed by atoms with Crippen molar-refractivity contribution in [2.24, 2.45) is 0 Å². The molecule has 0 fully saturated rings. The molecule has 2 N–H and O–H groups in total. The van der Waals surface area contributed by atoms with Crippen LogP contribution in [-0.4, -0.2) is 16.0 Å². The van der Waals surface area contributed by atoms with E-state index in [1.807, 2.05) is 26.0 Å². The van der Waals surface area contributed by atoms with E-state index in [1.165, 1.54) is 12.1 Å². The first-order valence-electron chi connectivity index (χ1n) is 7.39. The number of hydrogen-bond acceptors (Lipinski definition) is 3. The van der Waals surface area contributed by atoms with Crippen LogP contribution in [0.25, 0.3) is 0 Å². The van der Waals surface area contributed by atoms with Gasteiger partial charge in [0.1, 0.15) is 5.82 Å². The number of hydrogen-bond donors (Lipinski definition) is 2. The van der Waals surface area contributed by atoms with Crippen molar-refractivity contribution in [3.05, 3.63) is 82.2 Å². The van der Waals surface area contributed by atoms with Crippen molar-refractivity contribution in [1.29, 1.82) is 0 Å². The highest BCUT2D eigenvalue weighted by Crippen LogP contribution is 2.24. The van der Waals surface area contributed by atoms with Crippen molar-refractivity contribution in [3.63, 3.8) is 0 Å². The third-order valence-electron chi connectivity index (χ3n) is 3.46. The Morgan fingerprint density at radius 3 is 2.71 bits per heavy atom. The van der Waals surface area contributed by atoms with Crippen LogP contribution in [-0.2, 0) is 11.3 Å². The summed E-state index contributed by atoms with van der Waals surface area (Å²) in [6, 6.07) is 4.48. The van der Waals surface area contributed by atoms with Gasteiger partial charge in [-0.15, -0.1) is 0 Å². The van der Waals surface area contributed by atoms with Gasteiger partial charge in [0.25, 0.3) is 0 Å². The summed E-state index contributed by atoms with van der Waals surface area (Å²) in [5, 5.41) is 12.7. The van der Waals surface area contributed by atoms with E-state index in [2.05, 4.69) is 5.32 Å². The second-order valence-corrected chi connectivity index (χ2v) is 5.48. The van der Waals surface area contributed by atoms with Crippen molar-refractivity contribution in [2.45, 2.75) is 20.4 Å². The summed E-state index contributed by atoms with van der Waals surface area (Å²) >= 11 is 5.67. The highest BCUT2D eigenvalue weighted by Gasteiger charge is 2.24. The maximum absolute atomic E-state index is 13.5. The second-order valence-electron chi connectivity index (χ2n) is 5.07. The molecule has 0 bridgehead atoms. The van der Waals surface area contributed by atoms with E-state index in [9.17, 15) is 14.3 Å². The van der Waals surface area contributed by atoms with Crippen molar-refractivity contribution in [1.82, 2.24) is 10.2 Å². The highest BCUT2D eigenvalue weighted by molar-refractivity contribution is 6.30. The fourth-order valence-corrected chi connectivity index (χ4v) is 2.46. The molecule has 0 spiro atoms. The zero-order chi connectivity index (χ0) is 17.7.